The molecular formula is C46H28O. The summed E-state index contributed by atoms with van der Waals surface area (Å²) in [6, 6.07) is 61.5. The van der Waals surface area contributed by atoms with Crippen molar-refractivity contribution in [2.75, 3.05) is 0 Å². The van der Waals surface area contributed by atoms with E-state index in [1.807, 2.05) is 0 Å². The molecule has 0 radical (unpaired) electrons. The van der Waals surface area contributed by atoms with Gasteiger partial charge < -0.3 is 4.74 Å². The molecule has 1 heteroatoms. The highest BCUT2D eigenvalue weighted by atomic mass is 16.5. The van der Waals surface area contributed by atoms with Gasteiger partial charge in [-0.25, -0.2) is 0 Å². The predicted molar refractivity (Wildman–Crippen MR) is 198 cm³/mol. The summed E-state index contributed by atoms with van der Waals surface area (Å²) in [5, 5.41) is 10.0. The molecule has 9 aromatic rings. The summed E-state index contributed by atoms with van der Waals surface area (Å²) < 4.78 is 6.53. The van der Waals surface area contributed by atoms with E-state index in [0.717, 1.165) is 17.1 Å². The van der Waals surface area contributed by atoms with Gasteiger partial charge >= 0.3 is 0 Å². The summed E-state index contributed by atoms with van der Waals surface area (Å²) in [5.41, 5.74) is 9.64. The van der Waals surface area contributed by atoms with Crippen molar-refractivity contribution in [3.05, 3.63) is 170 Å². The average molecular weight is 597 g/mol. The van der Waals surface area contributed by atoms with Gasteiger partial charge in [0.15, 0.2) is 0 Å². The number of rotatable bonds is 3. The normalized spacial score (nSPS) is 12.0. The van der Waals surface area contributed by atoms with Crippen LogP contribution in [0, 0.1) is 0 Å². The lowest BCUT2D eigenvalue weighted by Crippen LogP contribution is -1.98. The van der Waals surface area contributed by atoms with Crippen LogP contribution in [0.4, 0.5) is 0 Å². The van der Waals surface area contributed by atoms with Crippen LogP contribution < -0.4 is 4.74 Å². The van der Waals surface area contributed by atoms with Gasteiger partial charge in [-0.1, -0.05) is 146 Å². The van der Waals surface area contributed by atoms with Gasteiger partial charge in [0.2, 0.25) is 0 Å². The van der Waals surface area contributed by atoms with Crippen LogP contribution in [0.5, 0.6) is 11.5 Å². The third-order valence-corrected chi connectivity index (χ3v) is 9.84. The van der Waals surface area contributed by atoms with Crippen molar-refractivity contribution < 1.29 is 4.74 Å². The minimum atomic E-state index is 0.895. The number of hydrogen-bond donors (Lipinski definition) is 0. The van der Waals surface area contributed by atoms with E-state index >= 15 is 0 Å². The number of hydrogen-bond acceptors (Lipinski definition) is 1. The first-order chi connectivity index (χ1) is 23.3. The van der Waals surface area contributed by atoms with E-state index in [9.17, 15) is 0 Å². The third-order valence-electron chi connectivity index (χ3n) is 9.84. The Morgan fingerprint density at radius 1 is 0.298 bits per heavy atom. The molecule has 0 N–H and O–H groups in total. The first-order valence-corrected chi connectivity index (χ1v) is 16.2. The standard InChI is InChI=1S/C46H28O/c1-2-9-30(10-3-1)36-24-26-43-46-39(36)15-8-16-40(46)41-28-33(23-25-42(41)47-43)29-17-20-32(21-18-29)44-38-14-7-5-12-34(38)27-35-22-19-31-11-4-6-13-37(31)45(35)44/h1-28H. The van der Waals surface area contributed by atoms with Gasteiger partial charge in [0, 0.05) is 10.9 Å². The van der Waals surface area contributed by atoms with Gasteiger partial charge in [0.05, 0.1) is 0 Å². The summed E-state index contributed by atoms with van der Waals surface area (Å²) in [7, 11) is 0. The fourth-order valence-corrected chi connectivity index (χ4v) is 7.65. The summed E-state index contributed by atoms with van der Waals surface area (Å²) in [5.74, 6) is 1.81. The molecule has 47 heavy (non-hydrogen) atoms. The van der Waals surface area contributed by atoms with Gasteiger partial charge in [-0.15, -0.1) is 0 Å². The number of benzene rings is 9. The second kappa shape index (κ2) is 10.2. The molecule has 1 nitrogen and oxygen atoms in total. The van der Waals surface area contributed by atoms with Gasteiger partial charge in [-0.05, 0) is 101 Å². The Labute approximate surface area is 272 Å². The van der Waals surface area contributed by atoms with Crippen molar-refractivity contribution >= 4 is 43.1 Å². The minimum absolute atomic E-state index is 0.895. The highest BCUT2D eigenvalue weighted by molar-refractivity contribution is 6.22. The Morgan fingerprint density at radius 2 is 0.979 bits per heavy atom. The quantitative estimate of drug-likeness (QED) is 0.146. The fraction of sp³-hybridized carbons (Fsp3) is 0. The molecule has 9 aromatic carbocycles. The largest absolute Gasteiger partial charge is 0.456 e. The van der Waals surface area contributed by atoms with Crippen LogP contribution in [0.25, 0.3) is 87.6 Å². The Balaban J connectivity index is 1.11. The maximum atomic E-state index is 6.53. The first-order valence-electron chi connectivity index (χ1n) is 16.2. The Kier molecular flexibility index (Phi) is 5.64. The molecule has 0 unspecified atom stereocenters. The molecule has 10 rings (SSSR count). The molecule has 0 saturated carbocycles. The molecule has 0 spiro atoms. The van der Waals surface area contributed by atoms with Crippen LogP contribution in [0.15, 0.2) is 170 Å². The Morgan fingerprint density at radius 3 is 1.85 bits per heavy atom. The van der Waals surface area contributed by atoms with Crippen molar-refractivity contribution in [1.82, 2.24) is 0 Å². The highest BCUT2D eigenvalue weighted by Gasteiger charge is 2.22. The molecule has 1 aliphatic heterocycles. The zero-order valence-electron chi connectivity index (χ0n) is 25.6. The van der Waals surface area contributed by atoms with Crippen molar-refractivity contribution in [2.45, 2.75) is 0 Å². The fourth-order valence-electron chi connectivity index (χ4n) is 7.65. The van der Waals surface area contributed by atoms with Gasteiger partial charge in [-0.3, -0.25) is 0 Å². The number of ether oxygens (including phenoxy) is 1. The topological polar surface area (TPSA) is 9.23 Å². The predicted octanol–water partition coefficient (Wildman–Crippen LogP) is 13.1. The first kappa shape index (κ1) is 26.1. The second-order valence-electron chi connectivity index (χ2n) is 12.5. The monoisotopic (exact) mass is 596 g/mol. The van der Waals surface area contributed by atoms with E-state index in [1.165, 1.54) is 82.0 Å². The molecule has 0 atom stereocenters. The molecule has 0 amide bonds. The van der Waals surface area contributed by atoms with Crippen LogP contribution >= 0.6 is 0 Å². The zero-order chi connectivity index (χ0) is 30.9. The molecule has 218 valence electrons. The molecule has 0 saturated heterocycles. The van der Waals surface area contributed by atoms with E-state index in [0.29, 0.717) is 0 Å². The van der Waals surface area contributed by atoms with Crippen LogP contribution in [0.2, 0.25) is 0 Å². The summed E-state index contributed by atoms with van der Waals surface area (Å²) in [4.78, 5) is 0. The van der Waals surface area contributed by atoms with Crippen LogP contribution in [-0.2, 0) is 0 Å². The maximum Gasteiger partial charge on any atom is 0.135 e. The molecule has 1 heterocycles. The van der Waals surface area contributed by atoms with Crippen molar-refractivity contribution in [3.8, 4) is 56.0 Å². The van der Waals surface area contributed by atoms with Gasteiger partial charge in [0.1, 0.15) is 11.5 Å². The lowest BCUT2D eigenvalue weighted by atomic mass is 9.88. The highest BCUT2D eigenvalue weighted by Crippen LogP contribution is 2.49. The van der Waals surface area contributed by atoms with Crippen molar-refractivity contribution in [1.29, 1.82) is 0 Å². The van der Waals surface area contributed by atoms with E-state index in [-0.39, 0.29) is 0 Å². The van der Waals surface area contributed by atoms with Crippen molar-refractivity contribution in [2.24, 2.45) is 0 Å². The van der Waals surface area contributed by atoms with Crippen LogP contribution in [0.1, 0.15) is 0 Å². The molecule has 0 aromatic heterocycles. The van der Waals surface area contributed by atoms with Crippen LogP contribution in [-0.4, -0.2) is 0 Å². The summed E-state index contributed by atoms with van der Waals surface area (Å²) in [6.45, 7) is 0. The SMILES string of the molecule is c1ccc(-c2ccc3c4c(cccc24)-c2cc(-c4ccc(-c5c6ccccc6cc6ccc7ccccc7c56)cc4)ccc2O3)cc1. The number of fused-ring (bicyclic) bond motifs is 6. The van der Waals surface area contributed by atoms with Crippen molar-refractivity contribution in [3.63, 3.8) is 0 Å². The minimum Gasteiger partial charge on any atom is -0.456 e. The van der Waals surface area contributed by atoms with Crippen LogP contribution in [0.3, 0.4) is 0 Å². The van der Waals surface area contributed by atoms with Gasteiger partial charge in [0.25, 0.3) is 0 Å². The maximum absolute atomic E-state index is 6.53. The Bertz CT molecular complexity index is 2680. The smallest absolute Gasteiger partial charge is 0.135 e. The second-order valence-corrected chi connectivity index (χ2v) is 12.5. The summed E-state index contributed by atoms with van der Waals surface area (Å²) >= 11 is 0. The zero-order valence-corrected chi connectivity index (χ0v) is 25.6. The molecule has 0 aliphatic carbocycles. The summed E-state index contributed by atoms with van der Waals surface area (Å²) in [6.07, 6.45) is 0. The molecular weight excluding hydrogens is 569 g/mol. The molecule has 0 fully saturated rings. The average Bonchev–Trinajstić information content (AvgIpc) is 3.14. The van der Waals surface area contributed by atoms with E-state index in [2.05, 4.69) is 170 Å². The third kappa shape index (κ3) is 4.03. The van der Waals surface area contributed by atoms with E-state index < -0.39 is 0 Å². The molecule has 1 aliphatic rings. The lowest BCUT2D eigenvalue weighted by Gasteiger charge is -2.23. The van der Waals surface area contributed by atoms with Gasteiger partial charge in [-0.2, -0.15) is 0 Å². The Hall–Kier alpha value is -6.18. The molecule has 0 bridgehead atoms. The van der Waals surface area contributed by atoms with E-state index in [1.54, 1.807) is 0 Å². The van der Waals surface area contributed by atoms with E-state index in [4.69, 9.17) is 4.74 Å². The lowest BCUT2D eigenvalue weighted by molar-refractivity contribution is 0.487.